The third kappa shape index (κ3) is 6.53. The van der Waals surface area contributed by atoms with Crippen molar-refractivity contribution in [3.05, 3.63) is 53.2 Å². The van der Waals surface area contributed by atoms with Gasteiger partial charge in [-0.05, 0) is 41.7 Å². The van der Waals surface area contributed by atoms with E-state index in [1.807, 2.05) is 26.8 Å². The zero-order chi connectivity index (χ0) is 31.0. The Labute approximate surface area is 246 Å². The zero-order valence-corrected chi connectivity index (χ0v) is 26.0. The maximum Gasteiger partial charge on any atom is 0.272 e. The third-order valence-electron chi connectivity index (χ3n) is 7.45. The number of fused-ring (bicyclic) bond motifs is 1. The molecule has 12 heteroatoms. The number of carbonyl (C=O) groups excluding carboxylic acids is 3. The maximum absolute atomic E-state index is 13.7. The number of hydrogen-bond donors (Lipinski definition) is 2. The number of sulfonamides is 1. The number of anilines is 2. The van der Waals surface area contributed by atoms with Gasteiger partial charge in [0.05, 0.1) is 35.8 Å². The highest BCUT2D eigenvalue weighted by Gasteiger charge is 2.26. The number of nitrogens with zero attached hydrogens (tertiary/aromatic N) is 3. The van der Waals surface area contributed by atoms with Gasteiger partial charge in [0.25, 0.3) is 11.8 Å². The number of aromatic nitrogens is 1. The smallest absolute Gasteiger partial charge is 0.272 e. The molecule has 1 fully saturated rings. The molecule has 1 aliphatic rings. The van der Waals surface area contributed by atoms with Crippen LogP contribution in [0.4, 0.5) is 11.4 Å². The summed E-state index contributed by atoms with van der Waals surface area (Å²) in [6.07, 6.45) is 1.74. The largest absolute Gasteiger partial charge is 0.492 e. The van der Waals surface area contributed by atoms with Crippen molar-refractivity contribution in [3.63, 3.8) is 0 Å². The minimum atomic E-state index is -3.63. The van der Waals surface area contributed by atoms with Gasteiger partial charge in [-0.3, -0.25) is 19.1 Å². The van der Waals surface area contributed by atoms with Gasteiger partial charge in [0, 0.05) is 45.5 Å². The first kappa shape index (κ1) is 30.9. The Bertz CT molecular complexity index is 1650. The summed E-state index contributed by atoms with van der Waals surface area (Å²) in [6, 6.07) is 10.6. The number of carbonyl (C=O) groups is 3. The van der Waals surface area contributed by atoms with Crippen LogP contribution in [0.25, 0.3) is 10.9 Å². The molecule has 226 valence electrons. The number of aryl methyl sites for hydroxylation is 1. The fourth-order valence-corrected chi connectivity index (χ4v) is 5.80. The summed E-state index contributed by atoms with van der Waals surface area (Å²) in [4.78, 5) is 42.7. The van der Waals surface area contributed by atoms with Gasteiger partial charge in [0.15, 0.2) is 5.75 Å². The number of ether oxygens (including phenoxy) is 1. The molecular weight excluding hydrogens is 558 g/mol. The van der Waals surface area contributed by atoms with Crippen molar-refractivity contribution in [2.45, 2.75) is 39.5 Å². The van der Waals surface area contributed by atoms with Crippen LogP contribution in [0.2, 0.25) is 0 Å². The second-order valence-corrected chi connectivity index (χ2v) is 13.4. The Morgan fingerprint density at radius 3 is 2.21 bits per heavy atom. The predicted octanol–water partition coefficient (Wildman–Crippen LogP) is 3.80. The highest BCUT2D eigenvalue weighted by molar-refractivity contribution is 7.92. The van der Waals surface area contributed by atoms with Crippen molar-refractivity contribution in [2.24, 2.45) is 7.05 Å². The monoisotopic (exact) mass is 597 g/mol. The highest BCUT2D eigenvalue weighted by Crippen LogP contribution is 2.39. The number of hydrogen-bond acceptors (Lipinski definition) is 6. The fraction of sp³-hybridized carbons (Fsp3) is 0.433. The number of amides is 3. The number of para-hydroxylation sites is 1. The van der Waals surface area contributed by atoms with Crippen molar-refractivity contribution < 1.29 is 27.5 Å². The van der Waals surface area contributed by atoms with E-state index in [1.165, 1.54) is 14.0 Å². The second kappa shape index (κ2) is 11.7. The molecular formula is C30H39N5O6S. The van der Waals surface area contributed by atoms with Crippen LogP contribution >= 0.6 is 0 Å². The molecule has 3 aromatic rings. The van der Waals surface area contributed by atoms with E-state index >= 15 is 0 Å². The van der Waals surface area contributed by atoms with E-state index < -0.39 is 15.9 Å². The van der Waals surface area contributed by atoms with Gasteiger partial charge in [0.1, 0.15) is 5.69 Å². The lowest BCUT2D eigenvalue weighted by Gasteiger charge is -2.24. The molecule has 0 saturated carbocycles. The van der Waals surface area contributed by atoms with E-state index in [0.29, 0.717) is 55.1 Å². The molecule has 0 bridgehead atoms. The Balaban J connectivity index is 1.71. The van der Waals surface area contributed by atoms with Gasteiger partial charge in [-0.2, -0.15) is 0 Å². The number of rotatable bonds is 6. The molecule has 0 unspecified atom stereocenters. The van der Waals surface area contributed by atoms with Gasteiger partial charge in [0.2, 0.25) is 15.9 Å². The van der Waals surface area contributed by atoms with Gasteiger partial charge < -0.3 is 24.4 Å². The Hall–Kier alpha value is -4.06. The molecule has 2 N–H and O–H groups in total. The van der Waals surface area contributed by atoms with Crippen LogP contribution in [0.5, 0.6) is 5.75 Å². The van der Waals surface area contributed by atoms with E-state index in [-0.39, 0.29) is 28.7 Å². The summed E-state index contributed by atoms with van der Waals surface area (Å²) < 4.78 is 33.9. The van der Waals surface area contributed by atoms with Crippen LogP contribution in [0, 0.1) is 0 Å². The highest BCUT2D eigenvalue weighted by atomic mass is 32.2. The minimum absolute atomic E-state index is 0.00613. The van der Waals surface area contributed by atoms with Crippen LogP contribution in [0.15, 0.2) is 36.4 Å². The van der Waals surface area contributed by atoms with Crippen LogP contribution in [-0.2, 0) is 27.3 Å². The van der Waals surface area contributed by atoms with Crippen LogP contribution in [0.3, 0.4) is 0 Å². The Morgan fingerprint density at radius 1 is 0.952 bits per heavy atom. The molecule has 0 spiro atoms. The topological polar surface area (TPSA) is 130 Å². The normalized spacial score (nSPS) is 14.5. The first-order valence-electron chi connectivity index (χ1n) is 13.8. The number of methoxy groups -OCH3 is 1. The van der Waals surface area contributed by atoms with Crippen molar-refractivity contribution in [1.82, 2.24) is 14.4 Å². The number of benzene rings is 2. The maximum atomic E-state index is 13.7. The fourth-order valence-electron chi connectivity index (χ4n) is 5.25. The molecule has 42 heavy (non-hydrogen) atoms. The lowest BCUT2D eigenvalue weighted by Crippen LogP contribution is -2.36. The second-order valence-electron chi connectivity index (χ2n) is 11.7. The molecule has 1 aliphatic heterocycles. The van der Waals surface area contributed by atoms with Gasteiger partial charge >= 0.3 is 0 Å². The standard InChI is InChI=1S/C30H39N5O6S/c1-19(36)34-12-9-13-35(15-14-34)29(38)22-11-8-10-20-16-25(33(5)26(20)22)28(37)31-23-17-21(30(2,3)4)18-24(27(23)41-6)32-42(7,39)40/h8,10-11,16-18,32H,9,12-15H2,1-7H3,(H,31,37). The van der Waals surface area contributed by atoms with Crippen molar-refractivity contribution in [2.75, 3.05) is 49.6 Å². The number of nitrogens with one attached hydrogen (secondary N) is 2. The van der Waals surface area contributed by atoms with Gasteiger partial charge in [-0.1, -0.05) is 32.9 Å². The Morgan fingerprint density at radius 2 is 1.60 bits per heavy atom. The van der Waals surface area contributed by atoms with E-state index in [0.717, 1.165) is 17.2 Å². The SMILES string of the molecule is COc1c(NC(=O)c2cc3cccc(C(=O)N4CCCN(C(C)=O)CC4)c3n2C)cc(C(C)(C)C)cc1NS(C)(=O)=O. The third-order valence-corrected chi connectivity index (χ3v) is 8.04. The summed E-state index contributed by atoms with van der Waals surface area (Å²) in [5.41, 5.74) is 2.35. The van der Waals surface area contributed by atoms with Crippen LogP contribution in [-0.4, -0.2) is 80.1 Å². The van der Waals surface area contributed by atoms with Gasteiger partial charge in [-0.15, -0.1) is 0 Å². The minimum Gasteiger partial charge on any atom is -0.492 e. The lowest BCUT2D eigenvalue weighted by atomic mass is 9.86. The van der Waals surface area contributed by atoms with E-state index in [1.54, 1.807) is 51.7 Å². The predicted molar refractivity (Wildman–Crippen MR) is 164 cm³/mol. The summed E-state index contributed by atoms with van der Waals surface area (Å²) in [6.45, 7) is 9.53. The molecule has 4 rings (SSSR count). The van der Waals surface area contributed by atoms with Crippen LogP contribution in [0.1, 0.15) is 60.5 Å². The lowest BCUT2D eigenvalue weighted by molar-refractivity contribution is -0.128. The van der Waals surface area contributed by atoms with E-state index in [4.69, 9.17) is 4.74 Å². The van der Waals surface area contributed by atoms with Gasteiger partial charge in [-0.25, -0.2) is 8.42 Å². The average Bonchev–Trinajstić information content (AvgIpc) is 3.06. The van der Waals surface area contributed by atoms with E-state index in [2.05, 4.69) is 10.0 Å². The average molecular weight is 598 g/mol. The molecule has 2 aromatic carbocycles. The summed E-state index contributed by atoms with van der Waals surface area (Å²) in [5, 5.41) is 3.63. The van der Waals surface area contributed by atoms with E-state index in [9.17, 15) is 22.8 Å². The first-order chi connectivity index (χ1) is 19.6. The summed E-state index contributed by atoms with van der Waals surface area (Å²) in [5.74, 6) is -0.436. The van der Waals surface area contributed by atoms with Crippen LogP contribution < -0.4 is 14.8 Å². The van der Waals surface area contributed by atoms with Crippen molar-refractivity contribution in [1.29, 1.82) is 0 Å². The summed E-state index contributed by atoms with van der Waals surface area (Å²) in [7, 11) is -0.493. The Kier molecular flexibility index (Phi) is 8.58. The molecule has 1 aromatic heterocycles. The molecule has 1 saturated heterocycles. The first-order valence-corrected chi connectivity index (χ1v) is 15.6. The molecule has 0 radical (unpaired) electrons. The quantitative estimate of drug-likeness (QED) is 0.445. The molecule has 3 amide bonds. The molecule has 0 aliphatic carbocycles. The van der Waals surface area contributed by atoms with Crippen molar-refractivity contribution in [3.8, 4) is 5.75 Å². The molecule has 0 atom stereocenters. The molecule has 11 nitrogen and oxygen atoms in total. The molecule has 2 heterocycles. The van der Waals surface area contributed by atoms with Crippen molar-refractivity contribution >= 4 is 50.0 Å². The summed E-state index contributed by atoms with van der Waals surface area (Å²) >= 11 is 0. The zero-order valence-electron chi connectivity index (χ0n) is 25.2.